The topological polar surface area (TPSA) is 204 Å². The second kappa shape index (κ2) is 19.0. The Morgan fingerprint density at radius 2 is 1.10 bits per heavy atom. The molecule has 6 rings (SSSR count). The van der Waals surface area contributed by atoms with E-state index in [4.69, 9.17) is 33.5 Å². The fourth-order valence-electron chi connectivity index (χ4n) is 6.36. The summed E-state index contributed by atoms with van der Waals surface area (Å²) < 4.78 is 69.1. The van der Waals surface area contributed by atoms with Gasteiger partial charge in [0.25, 0.3) is 37.6 Å². The SMILES string of the molecule is O=C1C(=CC=CC=Cc2c(O)n(-c3ccccc3)c(=S)n(-c3ccc[n+](CCCS(=O)(=O)O)c3)c2=O)C(=O)N(c2ccc[n+](CCCS(=O)(=O)O)c2)C(=S)N1c1ccccc1. The van der Waals surface area contributed by atoms with Gasteiger partial charge in [0.2, 0.25) is 5.88 Å². The van der Waals surface area contributed by atoms with E-state index in [-0.39, 0.29) is 47.0 Å². The molecule has 0 bridgehead atoms. The molecule has 0 spiro atoms. The molecule has 1 aliphatic rings. The molecular weight excluding hydrogens is 865 g/mol. The Labute approximate surface area is 361 Å². The first-order chi connectivity index (χ1) is 29.0. The number of amides is 2. The van der Waals surface area contributed by atoms with Crippen molar-refractivity contribution in [2.24, 2.45) is 0 Å². The number of allylic oxidation sites excluding steroid dienone is 4. The number of aromatic hydroxyl groups is 1. The average molecular weight is 903 g/mol. The van der Waals surface area contributed by atoms with Crippen molar-refractivity contribution in [1.82, 2.24) is 9.13 Å². The van der Waals surface area contributed by atoms with Gasteiger partial charge in [-0.2, -0.15) is 16.8 Å². The lowest BCUT2D eigenvalue weighted by molar-refractivity contribution is -0.696. The quantitative estimate of drug-likeness (QED) is 0.0340. The molecule has 20 heteroatoms. The molecule has 314 valence electrons. The van der Waals surface area contributed by atoms with Gasteiger partial charge in [-0.3, -0.25) is 33.0 Å². The number of aryl methyl sites for hydroxylation is 2. The molecular formula is C41H38N6O10S4+2. The fraction of sp³-hybridized carbons (Fsp3) is 0.146. The molecule has 0 radical (unpaired) electrons. The van der Waals surface area contributed by atoms with Crippen LogP contribution in [0.4, 0.5) is 11.4 Å². The summed E-state index contributed by atoms with van der Waals surface area (Å²) in [6.07, 6.45) is 13.6. The molecule has 4 heterocycles. The van der Waals surface area contributed by atoms with Gasteiger partial charge in [0.1, 0.15) is 35.6 Å². The van der Waals surface area contributed by atoms with E-state index >= 15 is 0 Å². The number of aromatic nitrogens is 4. The number of pyridine rings is 2. The smallest absolute Gasteiger partial charge is 0.270 e. The van der Waals surface area contributed by atoms with Gasteiger partial charge in [0.05, 0.1) is 22.9 Å². The molecule has 0 unspecified atom stereocenters. The summed E-state index contributed by atoms with van der Waals surface area (Å²) in [7, 11) is -8.36. The van der Waals surface area contributed by atoms with E-state index < -0.39 is 55.0 Å². The first kappa shape index (κ1) is 44.3. The van der Waals surface area contributed by atoms with E-state index in [1.807, 2.05) is 0 Å². The maximum Gasteiger partial charge on any atom is 0.270 e. The Morgan fingerprint density at radius 3 is 1.66 bits per heavy atom. The molecule has 1 saturated heterocycles. The minimum atomic E-state index is -4.18. The molecule has 61 heavy (non-hydrogen) atoms. The summed E-state index contributed by atoms with van der Waals surface area (Å²) >= 11 is 11.4. The van der Waals surface area contributed by atoms with Gasteiger partial charge in [-0.05, 0) is 73.0 Å². The highest BCUT2D eigenvalue weighted by Crippen LogP contribution is 2.29. The minimum Gasteiger partial charge on any atom is -0.494 e. The van der Waals surface area contributed by atoms with Crippen LogP contribution in [0.15, 0.2) is 144 Å². The highest BCUT2D eigenvalue weighted by atomic mass is 32.2. The largest absolute Gasteiger partial charge is 0.494 e. The molecule has 0 saturated carbocycles. The number of anilines is 2. The average Bonchev–Trinajstić information content (AvgIpc) is 3.20. The van der Waals surface area contributed by atoms with Crippen LogP contribution in [0.25, 0.3) is 17.5 Å². The van der Waals surface area contributed by atoms with Gasteiger partial charge in [-0.1, -0.05) is 54.6 Å². The van der Waals surface area contributed by atoms with Crippen LogP contribution in [-0.4, -0.2) is 68.6 Å². The molecule has 1 fully saturated rings. The van der Waals surface area contributed by atoms with E-state index in [0.717, 1.165) is 0 Å². The van der Waals surface area contributed by atoms with Gasteiger partial charge in [-0.15, -0.1) is 0 Å². The Balaban J connectivity index is 1.36. The van der Waals surface area contributed by atoms with Gasteiger partial charge in [0, 0.05) is 25.0 Å². The molecule has 5 aromatic rings. The predicted octanol–water partition coefficient (Wildman–Crippen LogP) is 4.05. The van der Waals surface area contributed by atoms with Crippen molar-refractivity contribution in [3.05, 3.63) is 160 Å². The first-order valence-electron chi connectivity index (χ1n) is 18.4. The van der Waals surface area contributed by atoms with Crippen LogP contribution in [0, 0.1) is 4.77 Å². The van der Waals surface area contributed by atoms with Crippen LogP contribution < -0.4 is 24.5 Å². The number of benzene rings is 2. The summed E-state index contributed by atoms with van der Waals surface area (Å²) in [4.78, 5) is 44.5. The lowest BCUT2D eigenvalue weighted by Gasteiger charge is -2.35. The van der Waals surface area contributed by atoms with Gasteiger partial charge in [0.15, 0.2) is 34.7 Å². The summed E-state index contributed by atoms with van der Waals surface area (Å²) in [5.41, 5.74) is 0.332. The monoisotopic (exact) mass is 902 g/mol. The lowest BCUT2D eigenvalue weighted by atomic mass is 10.1. The second-order valence-electron chi connectivity index (χ2n) is 13.4. The molecule has 2 aromatic carbocycles. The summed E-state index contributed by atoms with van der Waals surface area (Å²) in [5, 5.41) is 11.4. The number of rotatable bonds is 15. The Bertz CT molecular complexity index is 2950. The Morgan fingerprint density at radius 1 is 0.607 bits per heavy atom. The Hall–Kier alpha value is -6.29. The van der Waals surface area contributed by atoms with Crippen LogP contribution in [0.2, 0.25) is 0 Å². The molecule has 0 aliphatic carbocycles. The highest BCUT2D eigenvalue weighted by molar-refractivity contribution is 7.86. The number of carbonyl (C=O) groups excluding carboxylic acids is 2. The number of carbonyl (C=O) groups is 2. The first-order valence-corrected chi connectivity index (χ1v) is 22.5. The van der Waals surface area contributed by atoms with Crippen molar-refractivity contribution < 1.29 is 49.8 Å². The van der Waals surface area contributed by atoms with Crippen LogP contribution in [0.5, 0.6) is 5.88 Å². The van der Waals surface area contributed by atoms with E-state index in [1.54, 1.807) is 119 Å². The van der Waals surface area contributed by atoms with Crippen LogP contribution >= 0.6 is 24.4 Å². The van der Waals surface area contributed by atoms with Crippen molar-refractivity contribution >= 4 is 79.0 Å². The molecule has 1 aliphatic heterocycles. The zero-order chi connectivity index (χ0) is 43.9. The number of nitrogens with zero attached hydrogens (tertiary/aromatic N) is 6. The van der Waals surface area contributed by atoms with Gasteiger partial charge in [-0.25, -0.2) is 18.6 Å². The third-order valence-electron chi connectivity index (χ3n) is 9.13. The van der Waals surface area contributed by atoms with Crippen molar-refractivity contribution in [3.63, 3.8) is 0 Å². The third-order valence-corrected chi connectivity index (χ3v) is 11.5. The Kier molecular flexibility index (Phi) is 13.8. The molecule has 2 amide bonds. The van der Waals surface area contributed by atoms with Crippen LogP contribution in [0.3, 0.4) is 0 Å². The van der Waals surface area contributed by atoms with Gasteiger partial charge >= 0.3 is 0 Å². The van der Waals surface area contributed by atoms with E-state index in [0.29, 0.717) is 22.7 Å². The van der Waals surface area contributed by atoms with Crippen molar-refractivity contribution in [1.29, 1.82) is 0 Å². The van der Waals surface area contributed by atoms with Crippen molar-refractivity contribution in [2.75, 3.05) is 21.3 Å². The fourth-order valence-corrected chi connectivity index (χ4v) is 8.11. The number of hydrogen-bond donors (Lipinski definition) is 3. The third kappa shape index (κ3) is 10.7. The standard InChI is InChI=1S/C41H36N6O10S4/c48-36-34(38(50)46(40(58)44(36)30-14-4-1-5-15-30)32-18-10-22-42(28-32)24-12-26-60(52,53)54)20-8-3-9-21-35-37(49)45(31-16-6-2-7-17-31)41(59)47(39(35)51)33-19-11-23-43(29-33)25-13-27-61(55,56)57/h1-11,14-23,28-29H,12-13,24-27H2,(H-2,48,49,50,51,52,53,54,55,56,57)/p+2. The van der Waals surface area contributed by atoms with Crippen molar-refractivity contribution in [2.45, 2.75) is 25.9 Å². The van der Waals surface area contributed by atoms with E-state index in [9.17, 15) is 36.3 Å². The predicted molar refractivity (Wildman–Crippen MR) is 233 cm³/mol. The maximum atomic E-state index is 14.1. The second-order valence-corrected chi connectivity index (χ2v) is 17.3. The summed E-state index contributed by atoms with van der Waals surface area (Å²) in [6, 6.07) is 23.6. The normalized spacial score (nSPS) is 14.5. The number of para-hydroxylation sites is 2. The highest BCUT2D eigenvalue weighted by Gasteiger charge is 2.41. The number of thiocarbonyl (C=S) groups is 1. The molecule has 3 aromatic heterocycles. The lowest BCUT2D eigenvalue weighted by Crippen LogP contribution is -2.57. The van der Waals surface area contributed by atoms with Crippen molar-refractivity contribution in [3.8, 4) is 17.3 Å². The van der Waals surface area contributed by atoms with Crippen LogP contribution in [-0.2, 0) is 42.9 Å². The zero-order valence-electron chi connectivity index (χ0n) is 32.0. The zero-order valence-corrected chi connectivity index (χ0v) is 35.3. The maximum absolute atomic E-state index is 14.1. The van der Waals surface area contributed by atoms with E-state index in [2.05, 4.69) is 0 Å². The molecule has 0 atom stereocenters. The summed E-state index contributed by atoms with van der Waals surface area (Å²) in [6.45, 7) is 0.384. The van der Waals surface area contributed by atoms with Crippen LogP contribution in [0.1, 0.15) is 18.4 Å². The molecule has 16 nitrogen and oxygen atoms in total. The minimum absolute atomic E-state index is 0.0661. The van der Waals surface area contributed by atoms with Gasteiger partial charge < -0.3 is 5.11 Å². The molecule has 3 N–H and O–H groups in total. The summed E-state index contributed by atoms with van der Waals surface area (Å²) in [5.74, 6) is -2.83. The van der Waals surface area contributed by atoms with E-state index in [1.165, 1.54) is 49.3 Å². The number of hydrogen-bond acceptors (Lipinski definition) is 10.